The second-order valence-corrected chi connectivity index (χ2v) is 5.88. The van der Waals surface area contributed by atoms with E-state index in [9.17, 15) is 0 Å². The normalized spacial score (nSPS) is 29.6. The molecule has 102 valence electrons. The fourth-order valence-electron chi connectivity index (χ4n) is 3.20. The molecule has 0 radical (unpaired) electrons. The molecule has 1 atom stereocenters. The molecular weight excluding hydrogens is 212 g/mol. The predicted octanol–water partition coefficient (Wildman–Crippen LogP) is 3.15. The van der Waals surface area contributed by atoms with Gasteiger partial charge in [0.05, 0.1) is 0 Å². The first-order valence-electron chi connectivity index (χ1n) is 7.07. The molecule has 1 saturated carbocycles. The van der Waals surface area contributed by atoms with Gasteiger partial charge in [0.1, 0.15) is 5.72 Å². The average molecular weight is 242 g/mol. The summed E-state index contributed by atoms with van der Waals surface area (Å²) in [5.74, 6) is 7.67. The number of methoxy groups -OCH3 is 1. The number of hydrogen-bond acceptors (Lipinski definition) is 3. The molecule has 1 rings (SSSR count). The first kappa shape index (κ1) is 14.9. The van der Waals surface area contributed by atoms with Crippen molar-refractivity contribution in [3.05, 3.63) is 0 Å². The van der Waals surface area contributed by atoms with Crippen LogP contribution in [0.3, 0.4) is 0 Å². The summed E-state index contributed by atoms with van der Waals surface area (Å²) in [5.41, 5.74) is -0.300. The molecule has 0 saturated heterocycles. The van der Waals surface area contributed by atoms with E-state index in [4.69, 9.17) is 10.6 Å². The lowest BCUT2D eigenvalue weighted by atomic mass is 9.85. The second kappa shape index (κ2) is 6.17. The fourth-order valence-corrected chi connectivity index (χ4v) is 3.20. The fraction of sp³-hybridized carbons (Fsp3) is 1.00. The average Bonchev–Trinajstić information content (AvgIpc) is 2.31. The Kier molecular flexibility index (Phi) is 5.42. The smallest absolute Gasteiger partial charge is 0.135 e. The highest BCUT2D eigenvalue weighted by atomic mass is 16.5. The lowest BCUT2D eigenvalue weighted by Crippen LogP contribution is -2.61. The van der Waals surface area contributed by atoms with E-state index in [1.165, 1.54) is 25.7 Å². The van der Waals surface area contributed by atoms with Gasteiger partial charge in [-0.3, -0.25) is 5.84 Å². The van der Waals surface area contributed by atoms with E-state index in [1.807, 2.05) is 5.01 Å². The third kappa shape index (κ3) is 3.01. The van der Waals surface area contributed by atoms with Gasteiger partial charge in [-0.15, -0.1) is 0 Å². The largest absolute Gasteiger partial charge is 0.362 e. The minimum absolute atomic E-state index is 0.300. The molecule has 0 aliphatic heterocycles. The molecule has 0 bridgehead atoms. The van der Waals surface area contributed by atoms with E-state index >= 15 is 0 Å². The molecule has 3 nitrogen and oxygen atoms in total. The molecular formula is C14H30N2O. The quantitative estimate of drug-likeness (QED) is 0.457. The molecule has 3 heteroatoms. The standard InChI is InChI=1S/C14H30N2O/c1-6-14(17-5,11(2)3)16(15)13-9-7-12(4)8-10-13/h11-13H,6-10,15H2,1-5H3. The first-order chi connectivity index (χ1) is 7.97. The summed E-state index contributed by atoms with van der Waals surface area (Å²) >= 11 is 0. The third-order valence-corrected chi connectivity index (χ3v) is 4.58. The van der Waals surface area contributed by atoms with Gasteiger partial charge in [0.2, 0.25) is 0 Å². The van der Waals surface area contributed by atoms with Crippen molar-refractivity contribution >= 4 is 0 Å². The van der Waals surface area contributed by atoms with Crippen LogP contribution in [0.2, 0.25) is 0 Å². The monoisotopic (exact) mass is 242 g/mol. The maximum Gasteiger partial charge on any atom is 0.135 e. The number of ether oxygens (including phenoxy) is 1. The topological polar surface area (TPSA) is 38.5 Å². The Morgan fingerprint density at radius 2 is 1.82 bits per heavy atom. The van der Waals surface area contributed by atoms with E-state index in [-0.39, 0.29) is 5.72 Å². The highest BCUT2D eigenvalue weighted by molar-refractivity contribution is 4.87. The van der Waals surface area contributed by atoms with Crippen LogP contribution in [0.5, 0.6) is 0 Å². The SMILES string of the molecule is CCC(OC)(C(C)C)N(N)C1CCC(C)CC1. The first-order valence-corrected chi connectivity index (χ1v) is 7.07. The lowest BCUT2D eigenvalue weighted by Gasteiger charge is -2.47. The van der Waals surface area contributed by atoms with E-state index in [2.05, 4.69) is 27.7 Å². The second-order valence-electron chi connectivity index (χ2n) is 5.88. The number of nitrogens with zero attached hydrogens (tertiary/aromatic N) is 1. The summed E-state index contributed by atoms with van der Waals surface area (Å²) in [7, 11) is 1.79. The third-order valence-electron chi connectivity index (χ3n) is 4.58. The van der Waals surface area contributed by atoms with Gasteiger partial charge in [0.15, 0.2) is 0 Å². The summed E-state index contributed by atoms with van der Waals surface area (Å²) in [6.45, 7) is 8.88. The van der Waals surface area contributed by atoms with Crippen LogP contribution in [-0.2, 0) is 4.74 Å². The van der Waals surface area contributed by atoms with Crippen LogP contribution in [0.15, 0.2) is 0 Å². The van der Waals surface area contributed by atoms with Crippen LogP contribution in [-0.4, -0.2) is 23.9 Å². The van der Waals surface area contributed by atoms with Crippen molar-refractivity contribution in [2.75, 3.05) is 7.11 Å². The predicted molar refractivity (Wildman–Crippen MR) is 72.3 cm³/mol. The van der Waals surface area contributed by atoms with E-state index in [1.54, 1.807) is 7.11 Å². The minimum atomic E-state index is -0.300. The Labute approximate surface area is 107 Å². The maximum absolute atomic E-state index is 6.40. The molecule has 0 heterocycles. The van der Waals surface area contributed by atoms with Crippen LogP contribution in [0, 0.1) is 11.8 Å². The van der Waals surface area contributed by atoms with Crippen LogP contribution >= 0.6 is 0 Å². The zero-order chi connectivity index (χ0) is 13.1. The summed E-state index contributed by atoms with van der Waals surface area (Å²) in [6, 6.07) is 0.480. The van der Waals surface area contributed by atoms with Gasteiger partial charge in [-0.2, -0.15) is 0 Å². The zero-order valence-electron chi connectivity index (χ0n) is 12.2. The number of hydrazine groups is 1. The van der Waals surface area contributed by atoms with Crippen molar-refractivity contribution in [1.82, 2.24) is 5.01 Å². The Hall–Kier alpha value is -0.120. The van der Waals surface area contributed by atoms with Gasteiger partial charge in [-0.25, -0.2) is 5.01 Å². The van der Waals surface area contributed by atoms with Crippen LogP contribution < -0.4 is 5.84 Å². The highest BCUT2D eigenvalue weighted by Crippen LogP contribution is 2.34. The summed E-state index contributed by atoms with van der Waals surface area (Å²) in [5, 5.41) is 2.02. The highest BCUT2D eigenvalue weighted by Gasteiger charge is 2.41. The Balaban J connectivity index is 2.74. The van der Waals surface area contributed by atoms with Crippen molar-refractivity contribution in [3.8, 4) is 0 Å². The van der Waals surface area contributed by atoms with Crippen molar-refractivity contribution in [3.63, 3.8) is 0 Å². The molecule has 0 aromatic heterocycles. The van der Waals surface area contributed by atoms with E-state index in [0.717, 1.165) is 12.3 Å². The molecule has 1 aliphatic rings. The summed E-state index contributed by atoms with van der Waals surface area (Å²) in [6.07, 6.45) is 5.93. The maximum atomic E-state index is 6.40. The van der Waals surface area contributed by atoms with Gasteiger partial charge in [-0.1, -0.05) is 27.7 Å². The molecule has 1 unspecified atom stereocenters. The molecule has 1 aliphatic carbocycles. The Bertz CT molecular complexity index is 218. The van der Waals surface area contributed by atoms with Crippen LogP contribution in [0.4, 0.5) is 0 Å². The van der Waals surface area contributed by atoms with Gasteiger partial charge < -0.3 is 4.74 Å². The van der Waals surface area contributed by atoms with E-state index < -0.39 is 0 Å². The van der Waals surface area contributed by atoms with Gasteiger partial charge in [-0.05, 0) is 43.9 Å². The van der Waals surface area contributed by atoms with Gasteiger partial charge in [0, 0.05) is 13.2 Å². The van der Waals surface area contributed by atoms with Crippen molar-refractivity contribution in [2.24, 2.45) is 17.7 Å². The minimum Gasteiger partial charge on any atom is -0.362 e. The van der Waals surface area contributed by atoms with Crippen molar-refractivity contribution in [2.45, 2.75) is 71.6 Å². The van der Waals surface area contributed by atoms with Crippen molar-refractivity contribution < 1.29 is 4.74 Å². The number of nitrogens with two attached hydrogens (primary N) is 1. The summed E-state index contributed by atoms with van der Waals surface area (Å²) < 4.78 is 5.79. The van der Waals surface area contributed by atoms with Crippen LogP contribution in [0.25, 0.3) is 0 Å². The molecule has 0 spiro atoms. The molecule has 0 amide bonds. The number of rotatable bonds is 5. The lowest BCUT2D eigenvalue weighted by molar-refractivity contribution is -0.190. The van der Waals surface area contributed by atoms with Gasteiger partial charge in [0.25, 0.3) is 0 Å². The summed E-state index contributed by atoms with van der Waals surface area (Å²) in [4.78, 5) is 0. The molecule has 0 aromatic carbocycles. The Morgan fingerprint density at radius 3 is 2.18 bits per heavy atom. The Morgan fingerprint density at radius 1 is 1.29 bits per heavy atom. The molecule has 1 fully saturated rings. The molecule has 2 N–H and O–H groups in total. The molecule has 17 heavy (non-hydrogen) atoms. The van der Waals surface area contributed by atoms with Crippen LogP contribution in [0.1, 0.15) is 59.8 Å². The van der Waals surface area contributed by atoms with Crippen molar-refractivity contribution in [1.29, 1.82) is 0 Å². The number of hydrogen-bond donors (Lipinski definition) is 1. The zero-order valence-corrected chi connectivity index (χ0v) is 12.2. The van der Waals surface area contributed by atoms with E-state index in [0.29, 0.717) is 12.0 Å². The van der Waals surface area contributed by atoms with Gasteiger partial charge >= 0.3 is 0 Å². The molecule has 0 aromatic rings.